The van der Waals surface area contributed by atoms with Gasteiger partial charge in [0.05, 0.1) is 0 Å². The van der Waals surface area contributed by atoms with Crippen molar-refractivity contribution in [3.8, 4) is 0 Å². The van der Waals surface area contributed by atoms with Crippen LogP contribution < -0.4 is 5.32 Å². The van der Waals surface area contributed by atoms with Gasteiger partial charge in [0.2, 0.25) is 0 Å². The fraction of sp³-hybridized carbons (Fsp3) is 0.667. The molecule has 0 amide bonds. The van der Waals surface area contributed by atoms with E-state index in [4.69, 9.17) is 0 Å². The molecule has 0 fully saturated rings. The van der Waals surface area contributed by atoms with E-state index in [1.165, 1.54) is 4.88 Å². The largest absolute Gasteiger partial charge is 0.384 e. The van der Waals surface area contributed by atoms with Gasteiger partial charge in [-0.2, -0.15) is 0 Å². The second-order valence-electron chi connectivity index (χ2n) is 5.27. The third-order valence-corrected chi connectivity index (χ3v) is 3.25. The average molecular weight is 227 g/mol. The minimum atomic E-state index is -0.780. The van der Waals surface area contributed by atoms with E-state index >= 15 is 0 Å². The van der Waals surface area contributed by atoms with E-state index in [0.717, 1.165) is 5.56 Å². The molecule has 0 aliphatic rings. The molecule has 0 aromatic carbocycles. The topological polar surface area (TPSA) is 32.3 Å². The third kappa shape index (κ3) is 3.59. The normalized spacial score (nSPS) is 16.4. The van der Waals surface area contributed by atoms with E-state index in [1.54, 1.807) is 11.3 Å². The first kappa shape index (κ1) is 12.7. The molecule has 0 radical (unpaired) electrons. The second kappa shape index (κ2) is 4.24. The number of aryl methyl sites for hydroxylation is 1. The highest BCUT2D eigenvalue weighted by molar-refractivity contribution is 7.10. The summed E-state index contributed by atoms with van der Waals surface area (Å²) in [6.45, 7) is 10.8. The van der Waals surface area contributed by atoms with Crippen LogP contribution in [0.4, 0.5) is 0 Å². The molecule has 86 valence electrons. The summed E-state index contributed by atoms with van der Waals surface area (Å²) in [6, 6.07) is 2.00. The third-order valence-electron chi connectivity index (χ3n) is 2.40. The van der Waals surface area contributed by atoms with Crippen LogP contribution in [-0.2, 0) is 5.60 Å². The van der Waals surface area contributed by atoms with Crippen LogP contribution in [0.2, 0.25) is 0 Å². The van der Waals surface area contributed by atoms with Crippen LogP contribution in [0.5, 0.6) is 0 Å². The average Bonchev–Trinajstić information content (AvgIpc) is 2.47. The molecule has 0 bridgehead atoms. The number of β-amino-alcohol motifs (C(OH)–C–C–N with tert-alkyl or cyclic N) is 1. The van der Waals surface area contributed by atoms with Crippen molar-refractivity contribution in [3.63, 3.8) is 0 Å². The van der Waals surface area contributed by atoms with E-state index in [0.29, 0.717) is 6.54 Å². The summed E-state index contributed by atoms with van der Waals surface area (Å²) in [6.07, 6.45) is 0. The van der Waals surface area contributed by atoms with Crippen LogP contribution in [0.3, 0.4) is 0 Å². The van der Waals surface area contributed by atoms with Gasteiger partial charge < -0.3 is 10.4 Å². The summed E-state index contributed by atoms with van der Waals surface area (Å²) >= 11 is 1.68. The SMILES string of the molecule is Cc1sccc1C(C)(O)CNC(C)(C)C. The Kier molecular flexibility index (Phi) is 3.59. The van der Waals surface area contributed by atoms with Gasteiger partial charge in [0.15, 0.2) is 0 Å². The smallest absolute Gasteiger partial charge is 0.100 e. The maximum Gasteiger partial charge on any atom is 0.100 e. The van der Waals surface area contributed by atoms with E-state index in [2.05, 4.69) is 26.1 Å². The van der Waals surface area contributed by atoms with Crippen LogP contribution in [-0.4, -0.2) is 17.2 Å². The van der Waals surface area contributed by atoms with E-state index < -0.39 is 5.60 Å². The summed E-state index contributed by atoms with van der Waals surface area (Å²) in [5, 5.41) is 15.7. The zero-order valence-electron chi connectivity index (χ0n) is 10.2. The molecule has 2 nitrogen and oxygen atoms in total. The number of hydrogen-bond donors (Lipinski definition) is 2. The Labute approximate surface area is 96.3 Å². The molecule has 0 spiro atoms. The highest BCUT2D eigenvalue weighted by Gasteiger charge is 2.27. The Morgan fingerprint density at radius 3 is 2.33 bits per heavy atom. The molecule has 1 rings (SSSR count). The molecule has 0 aliphatic heterocycles. The molecule has 3 heteroatoms. The zero-order valence-corrected chi connectivity index (χ0v) is 11.0. The molecule has 0 saturated heterocycles. The minimum absolute atomic E-state index is 0.0356. The fourth-order valence-corrected chi connectivity index (χ4v) is 2.30. The lowest BCUT2D eigenvalue weighted by molar-refractivity contribution is 0.0500. The molecule has 2 N–H and O–H groups in total. The summed E-state index contributed by atoms with van der Waals surface area (Å²) < 4.78 is 0. The van der Waals surface area contributed by atoms with Crippen LogP contribution in [0, 0.1) is 6.92 Å². The maximum atomic E-state index is 10.4. The number of hydrogen-bond acceptors (Lipinski definition) is 3. The molecule has 0 saturated carbocycles. The van der Waals surface area contributed by atoms with Gasteiger partial charge in [-0.25, -0.2) is 0 Å². The molecule has 1 aromatic heterocycles. The van der Waals surface area contributed by atoms with Gasteiger partial charge in [0.1, 0.15) is 5.60 Å². The van der Waals surface area contributed by atoms with Gasteiger partial charge >= 0.3 is 0 Å². The maximum absolute atomic E-state index is 10.4. The van der Waals surface area contributed by atoms with E-state index in [1.807, 2.05) is 25.3 Å². The summed E-state index contributed by atoms with van der Waals surface area (Å²) in [7, 11) is 0. The predicted molar refractivity (Wildman–Crippen MR) is 66.4 cm³/mol. The van der Waals surface area contributed by atoms with Gasteiger partial charge in [-0.3, -0.25) is 0 Å². The summed E-state index contributed by atoms with van der Waals surface area (Å²) in [4.78, 5) is 1.19. The minimum Gasteiger partial charge on any atom is -0.384 e. The van der Waals surface area contributed by atoms with Gasteiger partial charge in [0, 0.05) is 17.0 Å². The molecule has 15 heavy (non-hydrogen) atoms. The summed E-state index contributed by atoms with van der Waals surface area (Å²) in [5.74, 6) is 0. The first-order valence-corrected chi connectivity index (χ1v) is 6.12. The van der Waals surface area contributed by atoms with Crippen molar-refractivity contribution in [2.45, 2.75) is 45.8 Å². The highest BCUT2D eigenvalue weighted by atomic mass is 32.1. The van der Waals surface area contributed by atoms with Crippen molar-refractivity contribution in [1.29, 1.82) is 0 Å². The Hall–Kier alpha value is -0.380. The molecule has 1 atom stereocenters. The van der Waals surface area contributed by atoms with Gasteiger partial charge in [-0.15, -0.1) is 11.3 Å². The van der Waals surface area contributed by atoms with Crippen molar-refractivity contribution >= 4 is 11.3 Å². The molecule has 0 aliphatic carbocycles. The Balaban J connectivity index is 2.72. The van der Waals surface area contributed by atoms with E-state index in [-0.39, 0.29) is 5.54 Å². The number of thiophene rings is 1. The van der Waals surface area contributed by atoms with Crippen molar-refractivity contribution < 1.29 is 5.11 Å². The zero-order chi connectivity index (χ0) is 11.7. The van der Waals surface area contributed by atoms with Gasteiger partial charge in [-0.05, 0) is 51.6 Å². The lowest BCUT2D eigenvalue weighted by atomic mass is 9.95. The lowest BCUT2D eigenvalue weighted by Gasteiger charge is -2.29. The van der Waals surface area contributed by atoms with Gasteiger partial charge in [0.25, 0.3) is 0 Å². The predicted octanol–water partition coefficient (Wildman–Crippen LogP) is 2.65. The first-order chi connectivity index (χ1) is 6.72. The molecule has 1 aromatic rings. The van der Waals surface area contributed by atoms with Crippen molar-refractivity contribution in [2.24, 2.45) is 0 Å². The number of nitrogens with one attached hydrogen (secondary N) is 1. The standard InChI is InChI=1S/C12H21NOS/c1-9-10(6-7-15-9)12(5,14)8-13-11(2,3)4/h6-7,13-14H,8H2,1-5H3. The van der Waals surface area contributed by atoms with Crippen LogP contribution in [0.1, 0.15) is 38.1 Å². The molecule has 1 unspecified atom stereocenters. The van der Waals surface area contributed by atoms with Crippen LogP contribution in [0.15, 0.2) is 11.4 Å². The molecular weight excluding hydrogens is 206 g/mol. The van der Waals surface area contributed by atoms with Crippen molar-refractivity contribution in [2.75, 3.05) is 6.54 Å². The molecular formula is C12H21NOS. The lowest BCUT2D eigenvalue weighted by Crippen LogP contribution is -2.44. The Bertz CT molecular complexity index is 323. The highest BCUT2D eigenvalue weighted by Crippen LogP contribution is 2.27. The second-order valence-corrected chi connectivity index (χ2v) is 6.39. The van der Waals surface area contributed by atoms with Crippen molar-refractivity contribution in [3.05, 3.63) is 21.9 Å². The summed E-state index contributed by atoms with van der Waals surface area (Å²) in [5.41, 5.74) is 0.287. The van der Waals surface area contributed by atoms with Crippen LogP contribution >= 0.6 is 11.3 Å². The van der Waals surface area contributed by atoms with Crippen molar-refractivity contribution in [1.82, 2.24) is 5.32 Å². The number of rotatable bonds is 3. The Morgan fingerprint density at radius 2 is 1.93 bits per heavy atom. The quantitative estimate of drug-likeness (QED) is 0.832. The Morgan fingerprint density at radius 1 is 1.33 bits per heavy atom. The van der Waals surface area contributed by atoms with E-state index in [9.17, 15) is 5.11 Å². The van der Waals surface area contributed by atoms with Crippen LogP contribution in [0.25, 0.3) is 0 Å². The molecule has 1 heterocycles. The van der Waals surface area contributed by atoms with Gasteiger partial charge in [-0.1, -0.05) is 0 Å². The fourth-order valence-electron chi connectivity index (χ4n) is 1.48. The monoisotopic (exact) mass is 227 g/mol. The number of aliphatic hydroxyl groups is 1. The first-order valence-electron chi connectivity index (χ1n) is 5.24.